The maximum atomic E-state index is 12.8. The molecule has 1 aromatic rings. The molecule has 0 aliphatic carbocycles. The number of hydrogen-bond donors (Lipinski definition) is 2. The second-order valence-electron chi connectivity index (χ2n) is 6.51. The fourth-order valence-corrected chi connectivity index (χ4v) is 3.54. The Morgan fingerprint density at radius 1 is 1.25 bits per heavy atom. The number of amides is 1. The first kappa shape index (κ1) is 15.2. The van der Waals surface area contributed by atoms with E-state index in [0.29, 0.717) is 5.56 Å². The van der Waals surface area contributed by atoms with Crippen LogP contribution in [0.4, 0.5) is 0 Å². The van der Waals surface area contributed by atoms with E-state index in [4.69, 9.17) is 0 Å². The van der Waals surface area contributed by atoms with Crippen molar-refractivity contribution in [2.75, 3.05) is 19.6 Å². The Hall–Kier alpha value is -2.34. The molecule has 2 N–H and O–H groups in total. The van der Waals surface area contributed by atoms with Crippen LogP contribution in [0.25, 0.3) is 5.70 Å². The number of carbonyl (C=O) groups is 1. The normalized spacial score (nSPS) is 23.2. The third-order valence-corrected chi connectivity index (χ3v) is 4.87. The van der Waals surface area contributed by atoms with Crippen molar-refractivity contribution in [1.82, 2.24) is 25.3 Å². The second kappa shape index (κ2) is 6.28. The van der Waals surface area contributed by atoms with E-state index in [1.54, 1.807) is 0 Å². The molecule has 1 fully saturated rings. The van der Waals surface area contributed by atoms with Crippen molar-refractivity contribution in [3.63, 3.8) is 0 Å². The van der Waals surface area contributed by atoms with Crippen LogP contribution >= 0.6 is 0 Å². The van der Waals surface area contributed by atoms with Crippen LogP contribution in [0.5, 0.6) is 0 Å². The van der Waals surface area contributed by atoms with Gasteiger partial charge in [-0.1, -0.05) is 6.08 Å². The minimum atomic E-state index is 0.0979. The summed E-state index contributed by atoms with van der Waals surface area (Å²) in [6.07, 6.45) is 13.6. The van der Waals surface area contributed by atoms with E-state index in [1.807, 2.05) is 28.9 Å². The zero-order valence-electron chi connectivity index (χ0n) is 14.0. The Morgan fingerprint density at radius 3 is 2.92 bits per heavy atom. The highest BCUT2D eigenvalue weighted by atomic mass is 16.2. The van der Waals surface area contributed by atoms with Crippen LogP contribution in [0.15, 0.2) is 36.2 Å². The standard InChI is InChI=1S/C18H23N5O/c1-13-15(18(24)22-10-3-2-4-11-22)12-23(21-13)16-6-5-8-19-17-14(16)7-9-20-17/h5-7,9,12,17,19-20H,2-4,8,10-11H2,1H3. The van der Waals surface area contributed by atoms with Crippen molar-refractivity contribution in [2.45, 2.75) is 32.4 Å². The molecule has 6 heteroatoms. The summed E-state index contributed by atoms with van der Waals surface area (Å²) in [7, 11) is 0. The molecule has 1 saturated heterocycles. The van der Waals surface area contributed by atoms with Crippen LogP contribution in [0, 0.1) is 6.92 Å². The molecule has 1 atom stereocenters. The van der Waals surface area contributed by atoms with Gasteiger partial charge in [0.1, 0.15) is 6.17 Å². The van der Waals surface area contributed by atoms with Crippen LogP contribution in [-0.4, -0.2) is 46.4 Å². The minimum Gasteiger partial charge on any atom is -0.372 e. The highest BCUT2D eigenvalue weighted by Gasteiger charge is 2.25. The number of carbonyl (C=O) groups excluding carboxylic acids is 1. The zero-order chi connectivity index (χ0) is 16.5. The van der Waals surface area contributed by atoms with Crippen LogP contribution < -0.4 is 10.6 Å². The van der Waals surface area contributed by atoms with E-state index >= 15 is 0 Å². The summed E-state index contributed by atoms with van der Waals surface area (Å²) in [6.45, 7) is 4.43. The summed E-state index contributed by atoms with van der Waals surface area (Å²) in [5, 5.41) is 11.3. The van der Waals surface area contributed by atoms with Gasteiger partial charge in [-0.25, -0.2) is 4.68 Å². The minimum absolute atomic E-state index is 0.0979. The first-order chi connectivity index (χ1) is 11.7. The molecule has 0 spiro atoms. The van der Waals surface area contributed by atoms with Gasteiger partial charge in [0.2, 0.25) is 0 Å². The molecule has 1 aromatic heterocycles. The van der Waals surface area contributed by atoms with Crippen molar-refractivity contribution in [1.29, 1.82) is 0 Å². The van der Waals surface area contributed by atoms with Crippen LogP contribution in [0.2, 0.25) is 0 Å². The SMILES string of the molecule is Cc1nn(C2=C3C=CNC3NCC=C2)cc1C(=O)N1CCCCC1. The third-order valence-electron chi connectivity index (χ3n) is 4.87. The molecule has 3 aliphatic rings. The molecule has 1 amide bonds. The quantitative estimate of drug-likeness (QED) is 0.868. The summed E-state index contributed by atoms with van der Waals surface area (Å²) in [4.78, 5) is 14.8. The summed E-state index contributed by atoms with van der Waals surface area (Å²) < 4.78 is 1.84. The fourth-order valence-electron chi connectivity index (χ4n) is 3.54. The molecular formula is C18H23N5O. The molecule has 3 aliphatic heterocycles. The average Bonchev–Trinajstić information content (AvgIpc) is 3.17. The van der Waals surface area contributed by atoms with Crippen molar-refractivity contribution < 1.29 is 4.79 Å². The number of aryl methyl sites for hydroxylation is 1. The first-order valence-corrected chi connectivity index (χ1v) is 8.66. The van der Waals surface area contributed by atoms with E-state index in [0.717, 1.165) is 49.4 Å². The number of aromatic nitrogens is 2. The number of hydrogen-bond acceptors (Lipinski definition) is 4. The summed E-state index contributed by atoms with van der Waals surface area (Å²) >= 11 is 0. The molecule has 6 nitrogen and oxygen atoms in total. The number of nitrogens with zero attached hydrogens (tertiary/aromatic N) is 3. The molecule has 1 unspecified atom stereocenters. The number of fused-ring (bicyclic) bond motifs is 1. The van der Waals surface area contributed by atoms with E-state index in [1.165, 1.54) is 6.42 Å². The smallest absolute Gasteiger partial charge is 0.257 e. The maximum Gasteiger partial charge on any atom is 0.257 e. The van der Waals surface area contributed by atoms with Gasteiger partial charge in [0.05, 0.1) is 17.0 Å². The molecular weight excluding hydrogens is 302 g/mol. The topological polar surface area (TPSA) is 62.2 Å². The van der Waals surface area contributed by atoms with E-state index < -0.39 is 0 Å². The third kappa shape index (κ3) is 2.67. The predicted molar refractivity (Wildman–Crippen MR) is 93.1 cm³/mol. The lowest BCUT2D eigenvalue weighted by atomic mass is 10.1. The largest absolute Gasteiger partial charge is 0.372 e. The monoisotopic (exact) mass is 325 g/mol. The van der Waals surface area contributed by atoms with Crippen molar-refractivity contribution >= 4 is 11.6 Å². The maximum absolute atomic E-state index is 12.8. The fraction of sp³-hybridized carbons (Fsp3) is 0.444. The molecule has 4 rings (SSSR count). The van der Waals surface area contributed by atoms with Crippen LogP contribution in [0.1, 0.15) is 35.3 Å². The Kier molecular flexibility index (Phi) is 3.98. The zero-order valence-corrected chi connectivity index (χ0v) is 14.0. The Morgan fingerprint density at radius 2 is 2.08 bits per heavy atom. The molecule has 0 aromatic carbocycles. The number of nitrogens with one attached hydrogen (secondary N) is 2. The number of rotatable bonds is 2. The number of likely N-dealkylation sites (tertiary alicyclic amines) is 1. The molecule has 0 saturated carbocycles. The lowest BCUT2D eigenvalue weighted by molar-refractivity contribution is 0.0723. The lowest BCUT2D eigenvalue weighted by Crippen LogP contribution is -2.37. The predicted octanol–water partition coefficient (Wildman–Crippen LogP) is 1.63. The molecule has 0 bridgehead atoms. The van der Waals surface area contributed by atoms with Gasteiger partial charge in [-0.15, -0.1) is 0 Å². The first-order valence-electron chi connectivity index (χ1n) is 8.66. The van der Waals surface area contributed by atoms with E-state index in [-0.39, 0.29) is 12.1 Å². The van der Waals surface area contributed by atoms with E-state index in [2.05, 4.69) is 34.0 Å². The molecule has 24 heavy (non-hydrogen) atoms. The number of allylic oxidation sites excluding steroid dienone is 2. The van der Waals surface area contributed by atoms with Gasteiger partial charge in [-0.3, -0.25) is 10.1 Å². The van der Waals surface area contributed by atoms with Crippen LogP contribution in [-0.2, 0) is 0 Å². The lowest BCUT2D eigenvalue weighted by Gasteiger charge is -2.26. The molecule has 0 radical (unpaired) electrons. The summed E-state index contributed by atoms with van der Waals surface area (Å²) in [6, 6.07) is 0. The van der Waals surface area contributed by atoms with Gasteiger partial charge < -0.3 is 10.2 Å². The van der Waals surface area contributed by atoms with Gasteiger partial charge in [0, 0.05) is 31.4 Å². The van der Waals surface area contributed by atoms with Crippen LogP contribution in [0.3, 0.4) is 0 Å². The Bertz CT molecular complexity index is 737. The highest BCUT2D eigenvalue weighted by Crippen LogP contribution is 2.23. The van der Waals surface area contributed by atoms with Gasteiger partial charge in [-0.2, -0.15) is 5.10 Å². The van der Waals surface area contributed by atoms with Crippen molar-refractivity contribution in [3.8, 4) is 0 Å². The molecule has 4 heterocycles. The van der Waals surface area contributed by atoms with Crippen molar-refractivity contribution in [3.05, 3.63) is 47.5 Å². The average molecular weight is 325 g/mol. The molecule has 126 valence electrons. The Labute approximate surface area is 141 Å². The van der Waals surface area contributed by atoms with Gasteiger partial charge in [0.15, 0.2) is 0 Å². The number of piperidine rings is 1. The van der Waals surface area contributed by atoms with Gasteiger partial charge in [-0.05, 0) is 44.5 Å². The van der Waals surface area contributed by atoms with Crippen molar-refractivity contribution in [2.24, 2.45) is 0 Å². The van der Waals surface area contributed by atoms with Gasteiger partial charge >= 0.3 is 0 Å². The van der Waals surface area contributed by atoms with Gasteiger partial charge in [0.25, 0.3) is 5.91 Å². The summed E-state index contributed by atoms with van der Waals surface area (Å²) in [5.41, 5.74) is 3.65. The summed E-state index contributed by atoms with van der Waals surface area (Å²) in [5.74, 6) is 0.108. The Balaban J connectivity index is 1.68. The second-order valence-corrected chi connectivity index (χ2v) is 6.51. The van der Waals surface area contributed by atoms with E-state index in [9.17, 15) is 4.79 Å². The highest BCUT2D eigenvalue weighted by molar-refractivity contribution is 5.95.